The van der Waals surface area contributed by atoms with E-state index in [0.29, 0.717) is 12.8 Å². The minimum Gasteiger partial charge on any atom is -0.394 e. The SMILES string of the molecule is CCCCCCCCCCCCCCCC/C=C\CCCCCCCCCCCCCCCCCCCC(=O)NC(CO)C(O)CCCCCCCCCCCCCCCCCCCCCCC. The Kier molecular flexibility index (Phi) is 59.7. The van der Waals surface area contributed by atoms with Crippen molar-refractivity contribution in [2.45, 2.75) is 386 Å². The summed E-state index contributed by atoms with van der Waals surface area (Å²) in [6.45, 7) is 4.41. The van der Waals surface area contributed by atoms with Crippen LogP contribution >= 0.6 is 0 Å². The third kappa shape index (κ3) is 56.0. The number of carbonyl (C=O) groups excluding carboxylic acids is 1. The molecule has 0 aromatic rings. The lowest BCUT2D eigenvalue weighted by molar-refractivity contribution is -0.123. The second-order valence-corrected chi connectivity index (χ2v) is 22.2. The first-order chi connectivity index (χ1) is 33.7. The molecule has 0 aromatic carbocycles. The van der Waals surface area contributed by atoms with Gasteiger partial charge in [0, 0.05) is 6.42 Å². The van der Waals surface area contributed by atoms with Gasteiger partial charge in [-0.05, 0) is 38.5 Å². The van der Waals surface area contributed by atoms with E-state index in [1.165, 1.54) is 321 Å². The third-order valence-electron chi connectivity index (χ3n) is 15.3. The highest BCUT2D eigenvalue weighted by atomic mass is 16.3. The first-order valence-corrected chi connectivity index (χ1v) is 31.9. The summed E-state index contributed by atoms with van der Waals surface area (Å²) in [7, 11) is 0. The maximum Gasteiger partial charge on any atom is 0.220 e. The van der Waals surface area contributed by atoms with Gasteiger partial charge in [0.25, 0.3) is 0 Å². The van der Waals surface area contributed by atoms with Crippen LogP contribution in [0.4, 0.5) is 0 Å². The summed E-state index contributed by atoms with van der Waals surface area (Å²) >= 11 is 0. The standard InChI is InChI=1S/C64H127NO3/c1-3-5-7-9-11-13-15-17-19-21-23-25-26-27-28-29-30-31-32-33-34-35-36-37-38-40-42-44-46-48-50-52-54-56-58-60-64(68)65-62(61-66)63(67)59-57-55-53-51-49-47-45-43-41-39-24-22-20-18-16-14-12-10-8-6-4-2/h29-30,62-63,66-67H,3-28,31-61H2,1-2H3,(H,65,68)/b30-29-. The van der Waals surface area contributed by atoms with Crippen molar-refractivity contribution in [3.63, 3.8) is 0 Å². The molecule has 0 aliphatic rings. The molecule has 0 aliphatic heterocycles. The summed E-state index contributed by atoms with van der Waals surface area (Å²) in [5, 5.41) is 23.4. The lowest BCUT2D eigenvalue weighted by atomic mass is 10.0. The number of allylic oxidation sites excluding steroid dienone is 2. The fourth-order valence-electron chi connectivity index (χ4n) is 10.4. The second-order valence-electron chi connectivity index (χ2n) is 22.2. The number of unbranched alkanes of at least 4 members (excludes halogenated alkanes) is 51. The minimum absolute atomic E-state index is 0.0226. The highest BCUT2D eigenvalue weighted by Crippen LogP contribution is 2.19. The summed E-state index contributed by atoms with van der Waals surface area (Å²) in [4.78, 5) is 12.5. The van der Waals surface area contributed by atoms with Crippen molar-refractivity contribution in [1.29, 1.82) is 0 Å². The number of nitrogens with one attached hydrogen (secondary N) is 1. The summed E-state index contributed by atoms with van der Waals surface area (Å²) in [6.07, 6.45) is 79.6. The first kappa shape index (κ1) is 67.1. The molecule has 68 heavy (non-hydrogen) atoms. The molecule has 0 bridgehead atoms. The Morgan fingerprint density at radius 2 is 0.559 bits per heavy atom. The van der Waals surface area contributed by atoms with E-state index >= 15 is 0 Å². The van der Waals surface area contributed by atoms with Gasteiger partial charge in [-0.15, -0.1) is 0 Å². The van der Waals surface area contributed by atoms with E-state index in [0.717, 1.165) is 25.7 Å². The molecule has 0 saturated carbocycles. The Bertz CT molecular complexity index is 952. The number of hydrogen-bond acceptors (Lipinski definition) is 3. The van der Waals surface area contributed by atoms with Gasteiger partial charge in [0.2, 0.25) is 5.91 Å². The van der Waals surface area contributed by atoms with Gasteiger partial charge in [0.05, 0.1) is 18.8 Å². The van der Waals surface area contributed by atoms with Crippen LogP contribution in [0, 0.1) is 0 Å². The van der Waals surface area contributed by atoms with Crippen LogP contribution in [0.5, 0.6) is 0 Å². The average Bonchev–Trinajstić information content (AvgIpc) is 3.34. The van der Waals surface area contributed by atoms with Crippen LogP contribution in [0.1, 0.15) is 373 Å². The highest BCUT2D eigenvalue weighted by molar-refractivity contribution is 5.76. The zero-order valence-electron chi connectivity index (χ0n) is 46.9. The second kappa shape index (κ2) is 60.4. The maximum atomic E-state index is 12.5. The fourth-order valence-corrected chi connectivity index (χ4v) is 10.4. The van der Waals surface area contributed by atoms with Crippen molar-refractivity contribution in [1.82, 2.24) is 5.32 Å². The molecule has 3 N–H and O–H groups in total. The van der Waals surface area contributed by atoms with E-state index in [1.54, 1.807) is 0 Å². The summed E-state index contributed by atoms with van der Waals surface area (Å²) in [5.41, 5.74) is 0. The topological polar surface area (TPSA) is 69.6 Å². The average molecular weight is 959 g/mol. The van der Waals surface area contributed by atoms with Crippen LogP contribution in [0.3, 0.4) is 0 Å². The zero-order valence-corrected chi connectivity index (χ0v) is 46.9. The normalized spacial score (nSPS) is 12.7. The molecule has 0 fully saturated rings. The third-order valence-corrected chi connectivity index (χ3v) is 15.3. The molecule has 0 saturated heterocycles. The molecule has 2 atom stereocenters. The van der Waals surface area contributed by atoms with E-state index in [1.807, 2.05) is 0 Å². The molecule has 1 amide bonds. The Morgan fingerprint density at radius 3 is 0.809 bits per heavy atom. The first-order valence-electron chi connectivity index (χ1n) is 31.9. The van der Waals surface area contributed by atoms with Crippen LogP contribution < -0.4 is 5.32 Å². The number of carbonyl (C=O) groups is 1. The molecule has 406 valence electrons. The number of hydrogen-bond donors (Lipinski definition) is 3. The quantitative estimate of drug-likeness (QED) is 0.0420. The fraction of sp³-hybridized carbons (Fsp3) is 0.953. The summed E-state index contributed by atoms with van der Waals surface area (Å²) in [6, 6.07) is -0.534. The Hall–Kier alpha value is -0.870. The summed E-state index contributed by atoms with van der Waals surface area (Å²) < 4.78 is 0. The predicted octanol–water partition coefficient (Wildman–Crippen LogP) is 21.3. The maximum absolute atomic E-state index is 12.5. The molecule has 0 rings (SSSR count). The Balaban J connectivity index is 3.38. The van der Waals surface area contributed by atoms with E-state index < -0.39 is 12.1 Å². The van der Waals surface area contributed by atoms with Gasteiger partial charge in [-0.2, -0.15) is 0 Å². The van der Waals surface area contributed by atoms with Crippen LogP contribution in [0.2, 0.25) is 0 Å². The van der Waals surface area contributed by atoms with Gasteiger partial charge in [-0.25, -0.2) is 0 Å². The molecule has 4 heteroatoms. The predicted molar refractivity (Wildman–Crippen MR) is 304 cm³/mol. The molecule has 2 unspecified atom stereocenters. The van der Waals surface area contributed by atoms with E-state index in [4.69, 9.17) is 0 Å². The molecular weight excluding hydrogens is 831 g/mol. The van der Waals surface area contributed by atoms with Gasteiger partial charge in [-0.1, -0.05) is 341 Å². The van der Waals surface area contributed by atoms with Crippen molar-refractivity contribution < 1.29 is 15.0 Å². The largest absolute Gasteiger partial charge is 0.394 e. The highest BCUT2D eigenvalue weighted by Gasteiger charge is 2.20. The van der Waals surface area contributed by atoms with Crippen LogP contribution in [0.25, 0.3) is 0 Å². The number of aliphatic hydroxyl groups is 2. The van der Waals surface area contributed by atoms with Crippen molar-refractivity contribution >= 4 is 5.91 Å². The van der Waals surface area contributed by atoms with Gasteiger partial charge >= 0.3 is 0 Å². The summed E-state index contributed by atoms with van der Waals surface area (Å²) in [5.74, 6) is -0.0226. The van der Waals surface area contributed by atoms with Crippen molar-refractivity contribution in [3.8, 4) is 0 Å². The molecule has 0 aliphatic carbocycles. The number of amides is 1. The monoisotopic (exact) mass is 958 g/mol. The van der Waals surface area contributed by atoms with Crippen molar-refractivity contribution in [2.24, 2.45) is 0 Å². The molecular formula is C64H127NO3. The van der Waals surface area contributed by atoms with Gasteiger partial charge < -0.3 is 15.5 Å². The van der Waals surface area contributed by atoms with Crippen molar-refractivity contribution in [3.05, 3.63) is 12.2 Å². The van der Waals surface area contributed by atoms with E-state index in [2.05, 4.69) is 31.3 Å². The van der Waals surface area contributed by atoms with E-state index in [-0.39, 0.29) is 12.5 Å². The molecule has 0 spiro atoms. The lowest BCUT2D eigenvalue weighted by Crippen LogP contribution is -2.45. The van der Waals surface area contributed by atoms with Crippen LogP contribution in [-0.2, 0) is 4.79 Å². The van der Waals surface area contributed by atoms with Crippen LogP contribution in [-0.4, -0.2) is 34.9 Å². The number of rotatable bonds is 60. The molecule has 0 heterocycles. The van der Waals surface area contributed by atoms with E-state index in [9.17, 15) is 15.0 Å². The minimum atomic E-state index is -0.657. The smallest absolute Gasteiger partial charge is 0.220 e. The zero-order chi connectivity index (χ0) is 49.2. The number of aliphatic hydroxyl groups excluding tert-OH is 2. The van der Waals surface area contributed by atoms with Gasteiger partial charge in [-0.3, -0.25) is 4.79 Å². The Morgan fingerprint density at radius 1 is 0.338 bits per heavy atom. The molecule has 0 radical (unpaired) electrons. The lowest BCUT2D eigenvalue weighted by Gasteiger charge is -2.22. The van der Waals surface area contributed by atoms with Gasteiger partial charge in [0.1, 0.15) is 0 Å². The van der Waals surface area contributed by atoms with Crippen molar-refractivity contribution in [2.75, 3.05) is 6.61 Å². The van der Waals surface area contributed by atoms with Crippen LogP contribution in [0.15, 0.2) is 12.2 Å². The molecule has 4 nitrogen and oxygen atoms in total. The van der Waals surface area contributed by atoms with Gasteiger partial charge in [0.15, 0.2) is 0 Å². The Labute approximate surface area is 428 Å². The molecule has 0 aromatic heterocycles.